The molecule has 1 amide bonds. The first kappa shape index (κ1) is 13.2. The molecule has 20 heavy (non-hydrogen) atoms. The maximum absolute atomic E-state index is 12.7. The van der Waals surface area contributed by atoms with Gasteiger partial charge in [0.25, 0.3) is 5.91 Å². The van der Waals surface area contributed by atoms with Gasteiger partial charge in [0.05, 0.1) is 5.56 Å². The van der Waals surface area contributed by atoms with Crippen molar-refractivity contribution in [2.24, 2.45) is 0 Å². The van der Waals surface area contributed by atoms with Crippen LogP contribution in [0.15, 0.2) is 36.4 Å². The van der Waals surface area contributed by atoms with Gasteiger partial charge in [0, 0.05) is 22.0 Å². The number of para-hydroxylation sites is 1. The average Bonchev–Trinajstić information content (AvgIpc) is 2.88. The molecule has 0 spiro atoms. The molecule has 2 aromatic rings. The van der Waals surface area contributed by atoms with Crippen molar-refractivity contribution in [3.63, 3.8) is 0 Å². The van der Waals surface area contributed by atoms with Crippen LogP contribution in [0.5, 0.6) is 0 Å². The van der Waals surface area contributed by atoms with Gasteiger partial charge < -0.3 is 10.2 Å². The summed E-state index contributed by atoms with van der Waals surface area (Å²) >= 11 is 1.74. The van der Waals surface area contributed by atoms with Gasteiger partial charge in [0.15, 0.2) is 0 Å². The summed E-state index contributed by atoms with van der Waals surface area (Å²) in [5.41, 5.74) is 1.70. The molecule has 1 atom stereocenters. The van der Waals surface area contributed by atoms with E-state index in [1.54, 1.807) is 11.3 Å². The van der Waals surface area contributed by atoms with Crippen LogP contribution < -0.4 is 5.32 Å². The lowest BCUT2D eigenvalue weighted by Crippen LogP contribution is -2.42. The first-order valence-corrected chi connectivity index (χ1v) is 7.75. The topological polar surface area (TPSA) is 32.3 Å². The third kappa shape index (κ3) is 2.20. The normalized spacial score (nSPS) is 17.8. The molecule has 1 aromatic carbocycles. The Morgan fingerprint density at radius 2 is 2.05 bits per heavy atom. The van der Waals surface area contributed by atoms with Crippen LogP contribution in [0.3, 0.4) is 0 Å². The summed E-state index contributed by atoms with van der Waals surface area (Å²) in [6, 6.07) is 12.0. The number of hydrogen-bond acceptors (Lipinski definition) is 3. The predicted molar refractivity (Wildman–Crippen MR) is 83.2 cm³/mol. The summed E-state index contributed by atoms with van der Waals surface area (Å²) in [5.74, 6) is 0.122. The molecule has 0 bridgehead atoms. The molecule has 104 valence electrons. The fourth-order valence-electron chi connectivity index (χ4n) is 2.59. The third-order valence-electron chi connectivity index (χ3n) is 3.52. The quantitative estimate of drug-likeness (QED) is 0.923. The number of thiophene rings is 1. The number of carbonyl (C=O) groups is 1. The maximum Gasteiger partial charge on any atom is 0.257 e. The number of nitrogens with one attached hydrogen (secondary N) is 1. The van der Waals surface area contributed by atoms with Gasteiger partial charge in [-0.2, -0.15) is 0 Å². The molecule has 1 aliphatic heterocycles. The Morgan fingerprint density at radius 1 is 1.25 bits per heavy atom. The van der Waals surface area contributed by atoms with Gasteiger partial charge in [-0.25, -0.2) is 0 Å². The Bertz CT molecular complexity index is 635. The molecule has 0 saturated heterocycles. The Labute approximate surface area is 123 Å². The van der Waals surface area contributed by atoms with Crippen molar-refractivity contribution in [3.05, 3.63) is 51.7 Å². The van der Waals surface area contributed by atoms with E-state index in [2.05, 4.69) is 31.3 Å². The molecule has 1 aliphatic rings. The van der Waals surface area contributed by atoms with E-state index in [4.69, 9.17) is 0 Å². The van der Waals surface area contributed by atoms with E-state index in [9.17, 15) is 4.79 Å². The van der Waals surface area contributed by atoms with Crippen molar-refractivity contribution >= 4 is 22.9 Å². The van der Waals surface area contributed by atoms with Crippen molar-refractivity contribution in [2.45, 2.75) is 26.4 Å². The number of carbonyl (C=O) groups excluding carboxylic acids is 1. The minimum Gasteiger partial charge on any atom is -0.360 e. The number of rotatable bonds is 3. The highest BCUT2D eigenvalue weighted by atomic mass is 32.1. The zero-order chi connectivity index (χ0) is 14.1. The van der Waals surface area contributed by atoms with Crippen LogP contribution in [0.1, 0.15) is 39.6 Å². The number of benzene rings is 1. The van der Waals surface area contributed by atoms with Gasteiger partial charge >= 0.3 is 0 Å². The fraction of sp³-hybridized carbons (Fsp3) is 0.312. The van der Waals surface area contributed by atoms with Gasteiger partial charge in [0.2, 0.25) is 0 Å². The zero-order valence-electron chi connectivity index (χ0n) is 11.7. The molecule has 1 unspecified atom stereocenters. The van der Waals surface area contributed by atoms with Crippen LogP contribution in [-0.4, -0.2) is 17.4 Å². The van der Waals surface area contributed by atoms with Gasteiger partial charge in [-0.3, -0.25) is 4.79 Å². The number of hydrogen-bond donors (Lipinski definition) is 1. The minimum absolute atomic E-state index is 0.0453. The van der Waals surface area contributed by atoms with Gasteiger partial charge in [-0.15, -0.1) is 11.3 Å². The predicted octanol–water partition coefficient (Wildman–Crippen LogP) is 4.03. The number of amides is 1. The standard InChI is InChI=1S/C16H18N2OS/c1-3-10-18-15(14-9-8-11(2)20-14)17-13-7-5-4-6-12(13)16(18)19/h4-9,15,17H,3,10H2,1-2H3. The Morgan fingerprint density at radius 3 is 2.75 bits per heavy atom. The summed E-state index contributed by atoms with van der Waals surface area (Å²) in [6.07, 6.45) is 0.909. The summed E-state index contributed by atoms with van der Waals surface area (Å²) < 4.78 is 0. The van der Waals surface area contributed by atoms with Crippen LogP contribution in [0.2, 0.25) is 0 Å². The Kier molecular flexibility index (Phi) is 3.49. The van der Waals surface area contributed by atoms with E-state index in [1.165, 1.54) is 9.75 Å². The smallest absolute Gasteiger partial charge is 0.257 e. The maximum atomic E-state index is 12.7. The van der Waals surface area contributed by atoms with Crippen LogP contribution in [0.4, 0.5) is 5.69 Å². The van der Waals surface area contributed by atoms with Crippen LogP contribution in [0, 0.1) is 6.92 Å². The molecular weight excluding hydrogens is 268 g/mol. The van der Waals surface area contributed by atoms with Crippen molar-refractivity contribution < 1.29 is 4.79 Å². The molecule has 4 heteroatoms. The molecule has 0 aliphatic carbocycles. The van der Waals surface area contributed by atoms with E-state index in [0.717, 1.165) is 24.2 Å². The van der Waals surface area contributed by atoms with Crippen molar-refractivity contribution in [2.75, 3.05) is 11.9 Å². The number of nitrogens with zero attached hydrogens (tertiary/aromatic N) is 1. The highest BCUT2D eigenvalue weighted by Crippen LogP contribution is 2.35. The second-order valence-corrected chi connectivity index (χ2v) is 6.36. The van der Waals surface area contributed by atoms with Crippen LogP contribution in [0.25, 0.3) is 0 Å². The van der Waals surface area contributed by atoms with Gasteiger partial charge in [-0.1, -0.05) is 19.1 Å². The monoisotopic (exact) mass is 286 g/mol. The first-order chi connectivity index (χ1) is 9.70. The molecule has 1 aromatic heterocycles. The van der Waals surface area contributed by atoms with Crippen LogP contribution in [-0.2, 0) is 0 Å². The summed E-state index contributed by atoms with van der Waals surface area (Å²) in [4.78, 5) is 17.1. The van der Waals surface area contributed by atoms with Crippen molar-refractivity contribution in [1.29, 1.82) is 0 Å². The number of aryl methyl sites for hydroxylation is 1. The molecule has 3 rings (SSSR count). The lowest BCUT2D eigenvalue weighted by molar-refractivity contribution is 0.0686. The lowest BCUT2D eigenvalue weighted by atomic mass is 10.1. The fourth-order valence-corrected chi connectivity index (χ4v) is 3.53. The van der Waals surface area contributed by atoms with E-state index in [-0.39, 0.29) is 12.1 Å². The van der Waals surface area contributed by atoms with E-state index in [0.29, 0.717) is 0 Å². The first-order valence-electron chi connectivity index (χ1n) is 6.93. The van der Waals surface area contributed by atoms with Crippen LogP contribution >= 0.6 is 11.3 Å². The van der Waals surface area contributed by atoms with E-state index >= 15 is 0 Å². The molecule has 1 N–H and O–H groups in total. The van der Waals surface area contributed by atoms with Crippen molar-refractivity contribution in [1.82, 2.24) is 4.90 Å². The Balaban J connectivity index is 2.03. The molecule has 0 radical (unpaired) electrons. The summed E-state index contributed by atoms with van der Waals surface area (Å²) in [5, 5.41) is 3.51. The average molecular weight is 286 g/mol. The third-order valence-corrected chi connectivity index (χ3v) is 4.57. The Hall–Kier alpha value is -1.81. The number of anilines is 1. The second-order valence-electron chi connectivity index (χ2n) is 5.04. The summed E-state index contributed by atoms with van der Waals surface area (Å²) in [6.45, 7) is 4.96. The van der Waals surface area contributed by atoms with Gasteiger partial charge in [0.1, 0.15) is 6.17 Å². The highest BCUT2D eigenvalue weighted by Gasteiger charge is 2.32. The highest BCUT2D eigenvalue weighted by molar-refractivity contribution is 7.12. The summed E-state index contributed by atoms with van der Waals surface area (Å²) in [7, 11) is 0. The van der Waals surface area contributed by atoms with E-state index in [1.807, 2.05) is 29.2 Å². The van der Waals surface area contributed by atoms with Gasteiger partial charge in [-0.05, 0) is 37.6 Å². The largest absolute Gasteiger partial charge is 0.360 e. The molecular formula is C16H18N2OS. The molecule has 0 fully saturated rings. The minimum atomic E-state index is -0.0453. The number of fused-ring (bicyclic) bond motifs is 1. The van der Waals surface area contributed by atoms with E-state index < -0.39 is 0 Å². The molecule has 0 saturated carbocycles. The van der Waals surface area contributed by atoms with Crippen molar-refractivity contribution in [3.8, 4) is 0 Å². The molecule has 3 nitrogen and oxygen atoms in total. The second kappa shape index (κ2) is 5.29. The molecule has 2 heterocycles. The lowest BCUT2D eigenvalue weighted by Gasteiger charge is -2.37. The zero-order valence-corrected chi connectivity index (χ0v) is 12.5. The SMILES string of the molecule is CCCN1C(=O)c2ccccc2NC1c1ccc(C)s1.